The van der Waals surface area contributed by atoms with Crippen LogP contribution in [0.1, 0.15) is 58.2 Å². The van der Waals surface area contributed by atoms with E-state index in [1.54, 1.807) is 52.8 Å². The second-order valence-corrected chi connectivity index (χ2v) is 11.0. The number of nitrogens with two attached hydrogens (primary N) is 1. The molecule has 40 heavy (non-hydrogen) atoms. The zero-order chi connectivity index (χ0) is 29.6. The monoisotopic (exact) mass is 546 g/mol. The predicted molar refractivity (Wildman–Crippen MR) is 155 cm³/mol. The fourth-order valence-corrected chi connectivity index (χ4v) is 4.50. The Bertz CT molecular complexity index is 1400. The molecule has 3 rings (SSSR count). The maximum absolute atomic E-state index is 14.0. The van der Waals surface area contributed by atoms with Crippen LogP contribution in [0.25, 0.3) is 10.8 Å². The predicted octanol–water partition coefficient (Wildman–Crippen LogP) is 4.83. The van der Waals surface area contributed by atoms with Gasteiger partial charge in [-0.1, -0.05) is 54.6 Å². The fraction of sp³-hybridized carbons (Fsp3) is 0.355. The molecule has 0 fully saturated rings. The van der Waals surface area contributed by atoms with Crippen LogP contribution in [0.3, 0.4) is 0 Å². The number of carbonyl (C=O) groups is 4. The third-order valence-electron chi connectivity index (χ3n) is 6.23. The van der Waals surface area contributed by atoms with Crippen molar-refractivity contribution in [3.63, 3.8) is 0 Å². The largest absolute Gasteiger partial charge is 0.444 e. The van der Waals surface area contributed by atoms with Crippen molar-refractivity contribution in [1.82, 2.24) is 10.2 Å². The molecule has 2 unspecified atom stereocenters. The van der Waals surface area contributed by atoms with Crippen LogP contribution in [0.2, 0.25) is 0 Å². The molecule has 3 aromatic carbocycles. The van der Waals surface area contributed by atoms with Crippen molar-refractivity contribution in [2.24, 2.45) is 5.73 Å². The van der Waals surface area contributed by atoms with Gasteiger partial charge in [0.2, 0.25) is 11.8 Å². The summed E-state index contributed by atoms with van der Waals surface area (Å²) in [7, 11) is 0. The molecule has 2 atom stereocenters. The van der Waals surface area contributed by atoms with E-state index in [1.807, 2.05) is 55.5 Å². The summed E-state index contributed by atoms with van der Waals surface area (Å²) in [6.07, 6.45) is -1.34. The molecular formula is C31H38N4O5. The van der Waals surface area contributed by atoms with Gasteiger partial charge >= 0.3 is 6.09 Å². The number of hydrogen-bond donors (Lipinski definition) is 3. The van der Waals surface area contributed by atoms with Crippen molar-refractivity contribution >= 4 is 40.3 Å². The summed E-state index contributed by atoms with van der Waals surface area (Å²) in [5.74, 6) is -1.87. The lowest BCUT2D eigenvalue weighted by Gasteiger charge is -2.37. The van der Waals surface area contributed by atoms with Gasteiger partial charge in [0.05, 0.1) is 6.42 Å². The summed E-state index contributed by atoms with van der Waals surface area (Å²) in [6, 6.07) is 17.7. The van der Waals surface area contributed by atoms with Crippen molar-refractivity contribution in [3.05, 3.63) is 77.9 Å². The number of ether oxygens (including phenoxy) is 1. The van der Waals surface area contributed by atoms with E-state index < -0.39 is 54.0 Å². The van der Waals surface area contributed by atoms with Crippen molar-refractivity contribution in [2.45, 2.75) is 71.7 Å². The molecule has 0 aromatic heterocycles. The first-order valence-corrected chi connectivity index (χ1v) is 13.2. The van der Waals surface area contributed by atoms with E-state index in [0.29, 0.717) is 11.3 Å². The number of aryl methyl sites for hydroxylation is 1. The molecule has 0 heterocycles. The smallest absolute Gasteiger partial charge is 0.408 e. The average molecular weight is 547 g/mol. The number of benzene rings is 3. The summed E-state index contributed by atoms with van der Waals surface area (Å²) in [4.78, 5) is 53.9. The number of rotatable bonds is 9. The number of amides is 4. The van der Waals surface area contributed by atoms with Gasteiger partial charge in [0.25, 0.3) is 5.91 Å². The van der Waals surface area contributed by atoms with Crippen LogP contribution in [0.5, 0.6) is 0 Å². The highest BCUT2D eigenvalue weighted by molar-refractivity contribution is 6.01. The van der Waals surface area contributed by atoms with E-state index in [1.165, 1.54) is 4.90 Å². The van der Waals surface area contributed by atoms with Gasteiger partial charge in [-0.3, -0.25) is 14.4 Å². The number of carbonyl (C=O) groups excluding carboxylic acids is 4. The molecular weight excluding hydrogens is 508 g/mol. The molecule has 0 spiro atoms. The minimum atomic E-state index is -1.34. The van der Waals surface area contributed by atoms with E-state index in [4.69, 9.17) is 10.5 Å². The van der Waals surface area contributed by atoms with E-state index in [0.717, 1.165) is 16.3 Å². The van der Waals surface area contributed by atoms with Gasteiger partial charge in [-0.25, -0.2) is 4.79 Å². The summed E-state index contributed by atoms with van der Waals surface area (Å²) in [5, 5.41) is 7.43. The number of nitrogens with one attached hydrogen (secondary N) is 2. The summed E-state index contributed by atoms with van der Waals surface area (Å²) in [6.45, 7) is 10.4. The third-order valence-corrected chi connectivity index (χ3v) is 6.23. The van der Waals surface area contributed by atoms with Crippen LogP contribution in [-0.2, 0) is 19.1 Å². The minimum absolute atomic E-state index is 0.443. The van der Waals surface area contributed by atoms with Crippen LogP contribution in [0.15, 0.2) is 66.7 Å². The highest BCUT2D eigenvalue weighted by Gasteiger charge is 2.39. The summed E-state index contributed by atoms with van der Waals surface area (Å²) < 4.78 is 5.31. The molecule has 0 radical (unpaired) electrons. The Labute approximate surface area is 235 Å². The molecule has 0 aliphatic rings. The second kappa shape index (κ2) is 12.6. The van der Waals surface area contributed by atoms with Crippen LogP contribution in [0.4, 0.5) is 10.5 Å². The maximum atomic E-state index is 14.0. The molecule has 9 heteroatoms. The average Bonchev–Trinajstić information content (AvgIpc) is 2.85. The lowest BCUT2D eigenvalue weighted by Crippen LogP contribution is -2.55. The SMILES string of the molecule is Cc1ccccc1C(C(=O)Nc1ccc2ccccc2c1)N(C(=O)C(CC(N)=O)NC(=O)OC(C)(C)C)C(C)C. The first-order chi connectivity index (χ1) is 18.8. The Morgan fingerprint density at radius 1 is 0.925 bits per heavy atom. The molecule has 0 saturated carbocycles. The van der Waals surface area contributed by atoms with Crippen LogP contribution >= 0.6 is 0 Å². The van der Waals surface area contributed by atoms with Crippen LogP contribution < -0.4 is 16.4 Å². The number of alkyl carbamates (subject to hydrolysis) is 1. The van der Waals surface area contributed by atoms with E-state index >= 15 is 0 Å². The zero-order valence-electron chi connectivity index (χ0n) is 23.9. The van der Waals surface area contributed by atoms with Crippen molar-refractivity contribution in [3.8, 4) is 0 Å². The van der Waals surface area contributed by atoms with E-state index in [2.05, 4.69) is 10.6 Å². The number of nitrogens with zero attached hydrogens (tertiary/aromatic N) is 1. The van der Waals surface area contributed by atoms with Gasteiger partial charge in [-0.2, -0.15) is 0 Å². The molecule has 0 bridgehead atoms. The van der Waals surface area contributed by atoms with Gasteiger partial charge in [0, 0.05) is 11.7 Å². The van der Waals surface area contributed by atoms with Gasteiger partial charge < -0.3 is 26.0 Å². The van der Waals surface area contributed by atoms with E-state index in [-0.39, 0.29) is 0 Å². The first kappa shape index (κ1) is 30.1. The molecule has 4 N–H and O–H groups in total. The van der Waals surface area contributed by atoms with Crippen LogP contribution in [0, 0.1) is 6.92 Å². The normalized spacial score (nSPS) is 12.9. The second-order valence-electron chi connectivity index (χ2n) is 11.0. The Hall–Kier alpha value is -4.40. The van der Waals surface area contributed by atoms with Gasteiger partial charge in [-0.15, -0.1) is 0 Å². The molecule has 4 amide bonds. The van der Waals surface area contributed by atoms with Gasteiger partial charge in [0.15, 0.2) is 0 Å². The molecule has 0 aliphatic carbocycles. The van der Waals surface area contributed by atoms with Crippen molar-refractivity contribution in [2.75, 3.05) is 5.32 Å². The van der Waals surface area contributed by atoms with Gasteiger partial charge in [-0.05, 0) is 75.6 Å². The topological polar surface area (TPSA) is 131 Å². The standard InChI is InChI=1S/C31H38N4O5/c1-19(2)35(29(38)25(18-26(32)36)34-30(39)40-31(4,5)6)27(24-14-10-7-11-20(24)3)28(37)33-23-16-15-21-12-8-9-13-22(21)17-23/h7-17,19,25,27H,18H2,1-6H3,(H2,32,36)(H,33,37)(H,34,39). The highest BCUT2D eigenvalue weighted by atomic mass is 16.6. The Balaban J connectivity index is 2.03. The number of fused-ring (bicyclic) bond motifs is 1. The summed E-state index contributed by atoms with van der Waals surface area (Å²) in [5.41, 5.74) is 6.60. The molecule has 3 aromatic rings. The first-order valence-electron chi connectivity index (χ1n) is 13.2. The maximum Gasteiger partial charge on any atom is 0.408 e. The summed E-state index contributed by atoms with van der Waals surface area (Å²) >= 11 is 0. The van der Waals surface area contributed by atoms with E-state index in [9.17, 15) is 19.2 Å². The number of primary amides is 1. The minimum Gasteiger partial charge on any atom is -0.444 e. The van der Waals surface area contributed by atoms with Gasteiger partial charge in [0.1, 0.15) is 17.7 Å². The highest BCUT2D eigenvalue weighted by Crippen LogP contribution is 2.29. The Morgan fingerprint density at radius 2 is 1.55 bits per heavy atom. The fourth-order valence-electron chi connectivity index (χ4n) is 4.50. The molecule has 212 valence electrons. The van der Waals surface area contributed by atoms with Crippen LogP contribution in [-0.4, -0.2) is 46.4 Å². The lowest BCUT2D eigenvalue weighted by atomic mass is 9.96. The molecule has 0 saturated heterocycles. The number of hydrogen-bond acceptors (Lipinski definition) is 5. The molecule has 9 nitrogen and oxygen atoms in total. The zero-order valence-corrected chi connectivity index (χ0v) is 23.9. The molecule has 0 aliphatic heterocycles. The van der Waals surface area contributed by atoms with Crippen molar-refractivity contribution < 1.29 is 23.9 Å². The Kier molecular flexibility index (Phi) is 9.52. The third kappa shape index (κ3) is 7.81. The van der Waals surface area contributed by atoms with Crippen molar-refractivity contribution in [1.29, 1.82) is 0 Å². The number of anilines is 1. The quantitative estimate of drug-likeness (QED) is 0.354. The lowest BCUT2D eigenvalue weighted by molar-refractivity contribution is -0.143. The Morgan fingerprint density at radius 3 is 2.15 bits per heavy atom.